The predicted octanol–water partition coefficient (Wildman–Crippen LogP) is 3.54. The zero-order valence-electron chi connectivity index (χ0n) is 13.2. The first-order valence-corrected chi connectivity index (χ1v) is 7.80. The van der Waals surface area contributed by atoms with Gasteiger partial charge in [-0.15, -0.1) is 0 Å². The van der Waals surface area contributed by atoms with Crippen LogP contribution < -0.4 is 5.32 Å². The van der Waals surface area contributed by atoms with Gasteiger partial charge in [0.2, 0.25) is 0 Å². The van der Waals surface area contributed by atoms with E-state index in [4.69, 9.17) is 0 Å². The van der Waals surface area contributed by atoms with E-state index in [0.29, 0.717) is 12.0 Å². The van der Waals surface area contributed by atoms with Gasteiger partial charge in [0, 0.05) is 6.04 Å². The number of nitrogens with one attached hydrogen (secondary N) is 1. The fraction of sp³-hybridized carbons (Fsp3) is 0.938. The minimum Gasteiger partial charge on any atom is -0.481 e. The van der Waals surface area contributed by atoms with Crippen molar-refractivity contribution >= 4 is 5.97 Å². The quantitative estimate of drug-likeness (QED) is 0.775. The fourth-order valence-corrected chi connectivity index (χ4v) is 3.42. The van der Waals surface area contributed by atoms with Crippen LogP contribution in [0.1, 0.15) is 60.3 Å². The number of carboxylic acid groups (broad SMARTS) is 1. The summed E-state index contributed by atoms with van der Waals surface area (Å²) in [5, 5.41) is 13.0. The molecule has 3 nitrogen and oxygen atoms in total. The Hall–Kier alpha value is -0.570. The van der Waals surface area contributed by atoms with Crippen molar-refractivity contribution in [1.29, 1.82) is 0 Å². The minimum absolute atomic E-state index is 0.129. The van der Waals surface area contributed by atoms with Gasteiger partial charge in [0.15, 0.2) is 0 Å². The van der Waals surface area contributed by atoms with E-state index in [1.54, 1.807) is 0 Å². The number of rotatable bonds is 6. The maximum atomic E-state index is 11.4. The van der Waals surface area contributed by atoms with Crippen molar-refractivity contribution in [3.63, 3.8) is 0 Å². The lowest BCUT2D eigenvalue weighted by atomic mass is 9.61. The molecule has 0 radical (unpaired) electrons. The summed E-state index contributed by atoms with van der Waals surface area (Å²) >= 11 is 0. The lowest BCUT2D eigenvalue weighted by molar-refractivity contribution is -0.150. The zero-order chi connectivity index (χ0) is 14.6. The number of aliphatic carboxylic acids is 1. The van der Waals surface area contributed by atoms with E-state index >= 15 is 0 Å². The van der Waals surface area contributed by atoms with Gasteiger partial charge in [0.1, 0.15) is 0 Å². The maximum absolute atomic E-state index is 11.4. The summed E-state index contributed by atoms with van der Waals surface area (Å²) in [5.41, 5.74) is -0.129. The van der Waals surface area contributed by atoms with E-state index in [0.717, 1.165) is 25.3 Å². The van der Waals surface area contributed by atoms with Gasteiger partial charge in [-0.2, -0.15) is 0 Å². The van der Waals surface area contributed by atoms with Gasteiger partial charge in [-0.1, -0.05) is 47.5 Å². The standard InChI is InChI=1S/C16H31NO2/c1-6-12(7-2)10-17-14-9-8-13(15(18)19)16(4,5)11(14)3/h11-14,17H,6-10H2,1-5H3,(H,18,19). The molecule has 3 atom stereocenters. The Morgan fingerprint density at radius 3 is 2.37 bits per heavy atom. The highest BCUT2D eigenvalue weighted by Gasteiger charge is 2.46. The van der Waals surface area contributed by atoms with Crippen LogP contribution in [-0.2, 0) is 4.79 Å². The van der Waals surface area contributed by atoms with E-state index in [-0.39, 0.29) is 11.3 Å². The zero-order valence-corrected chi connectivity index (χ0v) is 13.2. The average Bonchev–Trinajstić information content (AvgIpc) is 2.34. The van der Waals surface area contributed by atoms with Crippen LogP contribution in [0.3, 0.4) is 0 Å². The molecule has 0 bridgehead atoms. The van der Waals surface area contributed by atoms with Gasteiger partial charge in [-0.3, -0.25) is 4.79 Å². The van der Waals surface area contributed by atoms with Gasteiger partial charge in [-0.05, 0) is 36.6 Å². The lowest BCUT2D eigenvalue weighted by Crippen LogP contribution is -2.51. The molecule has 1 fully saturated rings. The number of hydrogen-bond donors (Lipinski definition) is 2. The van der Waals surface area contributed by atoms with Crippen LogP contribution in [0.25, 0.3) is 0 Å². The molecule has 112 valence electrons. The molecule has 0 amide bonds. The molecule has 0 aromatic carbocycles. The van der Waals surface area contributed by atoms with Gasteiger partial charge in [-0.25, -0.2) is 0 Å². The molecule has 19 heavy (non-hydrogen) atoms. The van der Waals surface area contributed by atoms with E-state index in [1.807, 2.05) is 0 Å². The van der Waals surface area contributed by atoms with Crippen molar-refractivity contribution in [1.82, 2.24) is 5.32 Å². The smallest absolute Gasteiger partial charge is 0.307 e. The highest BCUT2D eigenvalue weighted by atomic mass is 16.4. The van der Waals surface area contributed by atoms with Crippen LogP contribution in [0.15, 0.2) is 0 Å². The molecule has 1 rings (SSSR count). The van der Waals surface area contributed by atoms with Crippen molar-refractivity contribution in [2.45, 2.75) is 66.3 Å². The van der Waals surface area contributed by atoms with Gasteiger partial charge in [0.25, 0.3) is 0 Å². The Morgan fingerprint density at radius 1 is 1.32 bits per heavy atom. The molecular weight excluding hydrogens is 238 g/mol. The third-order valence-electron chi connectivity index (χ3n) is 5.56. The van der Waals surface area contributed by atoms with E-state index in [1.165, 1.54) is 12.8 Å². The van der Waals surface area contributed by atoms with Crippen LogP contribution >= 0.6 is 0 Å². The summed E-state index contributed by atoms with van der Waals surface area (Å²) < 4.78 is 0. The molecule has 2 N–H and O–H groups in total. The van der Waals surface area contributed by atoms with Crippen molar-refractivity contribution in [2.24, 2.45) is 23.2 Å². The Kier molecular flexibility index (Phi) is 5.84. The summed E-state index contributed by atoms with van der Waals surface area (Å²) in [7, 11) is 0. The predicted molar refractivity (Wildman–Crippen MR) is 79.2 cm³/mol. The van der Waals surface area contributed by atoms with Gasteiger partial charge < -0.3 is 10.4 Å². The van der Waals surface area contributed by atoms with Crippen LogP contribution in [0.2, 0.25) is 0 Å². The van der Waals surface area contributed by atoms with Crippen LogP contribution in [0.4, 0.5) is 0 Å². The van der Waals surface area contributed by atoms with Crippen molar-refractivity contribution in [3.05, 3.63) is 0 Å². The molecule has 0 aliphatic heterocycles. The lowest BCUT2D eigenvalue weighted by Gasteiger charge is -2.46. The van der Waals surface area contributed by atoms with Crippen molar-refractivity contribution < 1.29 is 9.90 Å². The summed E-state index contributed by atoms with van der Waals surface area (Å²) in [6.07, 6.45) is 4.21. The first-order chi connectivity index (χ1) is 8.84. The molecular formula is C16H31NO2. The first-order valence-electron chi connectivity index (χ1n) is 7.80. The first kappa shape index (κ1) is 16.5. The molecule has 0 spiro atoms. The maximum Gasteiger partial charge on any atom is 0.307 e. The molecule has 0 heterocycles. The second-order valence-electron chi connectivity index (χ2n) is 6.78. The van der Waals surface area contributed by atoms with E-state index in [2.05, 4.69) is 39.9 Å². The van der Waals surface area contributed by atoms with Crippen molar-refractivity contribution in [3.8, 4) is 0 Å². The third-order valence-corrected chi connectivity index (χ3v) is 5.56. The largest absolute Gasteiger partial charge is 0.481 e. The fourth-order valence-electron chi connectivity index (χ4n) is 3.42. The number of carboxylic acids is 1. The second kappa shape index (κ2) is 6.74. The molecule has 1 saturated carbocycles. The Morgan fingerprint density at radius 2 is 1.89 bits per heavy atom. The summed E-state index contributed by atoms with van der Waals surface area (Å²) in [5.74, 6) is 0.313. The molecule has 3 heteroatoms. The molecule has 1 aliphatic carbocycles. The van der Waals surface area contributed by atoms with Gasteiger partial charge >= 0.3 is 5.97 Å². The number of hydrogen-bond acceptors (Lipinski definition) is 2. The molecule has 0 aromatic rings. The van der Waals surface area contributed by atoms with Crippen molar-refractivity contribution in [2.75, 3.05) is 6.54 Å². The Labute approximate surface area is 118 Å². The normalized spacial score (nSPS) is 30.5. The molecule has 0 saturated heterocycles. The van der Waals surface area contributed by atoms with Crippen LogP contribution in [-0.4, -0.2) is 23.7 Å². The second-order valence-corrected chi connectivity index (χ2v) is 6.78. The Bertz CT molecular complexity index is 297. The monoisotopic (exact) mass is 269 g/mol. The average molecular weight is 269 g/mol. The molecule has 0 aromatic heterocycles. The van der Waals surface area contributed by atoms with E-state index in [9.17, 15) is 9.90 Å². The topological polar surface area (TPSA) is 49.3 Å². The van der Waals surface area contributed by atoms with Crippen LogP contribution in [0, 0.1) is 23.2 Å². The van der Waals surface area contributed by atoms with Gasteiger partial charge in [0.05, 0.1) is 5.92 Å². The molecule has 3 unspecified atom stereocenters. The number of carbonyl (C=O) groups is 1. The summed E-state index contributed by atoms with van der Waals surface area (Å²) in [4.78, 5) is 11.4. The molecule has 1 aliphatic rings. The third kappa shape index (κ3) is 3.71. The highest BCUT2D eigenvalue weighted by Crippen LogP contribution is 2.45. The SMILES string of the molecule is CCC(CC)CNC1CCC(C(=O)O)C(C)(C)C1C. The Balaban J connectivity index is 2.62. The minimum atomic E-state index is -0.629. The highest BCUT2D eigenvalue weighted by molar-refractivity contribution is 5.71. The van der Waals surface area contributed by atoms with E-state index < -0.39 is 5.97 Å². The summed E-state index contributed by atoms with van der Waals surface area (Å²) in [6.45, 7) is 12.0. The summed E-state index contributed by atoms with van der Waals surface area (Å²) in [6, 6.07) is 0.464. The van der Waals surface area contributed by atoms with Crippen LogP contribution in [0.5, 0.6) is 0 Å².